The Bertz CT molecular complexity index is 3280. The first-order valence-electron chi connectivity index (χ1n) is 22.5. The third kappa shape index (κ3) is 8.64. The molecule has 5 nitrogen and oxygen atoms in total. The zero-order valence-electron chi connectivity index (χ0n) is 39.0. The van der Waals surface area contributed by atoms with Crippen LogP contribution < -0.4 is 4.40 Å². The Morgan fingerprint density at radius 3 is 2.02 bits per heavy atom. The molecule has 0 fully saturated rings. The zero-order valence-corrected chi connectivity index (χ0v) is 42.5. The van der Waals surface area contributed by atoms with Gasteiger partial charge in [-0.25, -0.2) is 4.98 Å². The van der Waals surface area contributed by atoms with Crippen LogP contribution in [0.4, 0.5) is 0 Å². The van der Waals surface area contributed by atoms with Gasteiger partial charge >= 0.3 is 120 Å². The molecule has 7 heteroatoms. The summed E-state index contributed by atoms with van der Waals surface area (Å²) in [4.78, 5) is 15.2. The van der Waals surface area contributed by atoms with E-state index in [9.17, 15) is 0 Å². The van der Waals surface area contributed by atoms with E-state index in [0.717, 1.165) is 77.9 Å². The first kappa shape index (κ1) is 43.6. The van der Waals surface area contributed by atoms with E-state index < -0.39 is 19.2 Å². The quantitative estimate of drug-likeness (QED) is 0.112. The second-order valence-corrected chi connectivity index (χ2v) is 28.9. The van der Waals surface area contributed by atoms with E-state index in [1.54, 1.807) is 0 Å². The van der Waals surface area contributed by atoms with E-state index in [1.807, 2.05) is 74.6 Å². The minimum Gasteiger partial charge on any atom is 0 e. The van der Waals surface area contributed by atoms with E-state index in [0.29, 0.717) is 0 Å². The van der Waals surface area contributed by atoms with E-state index in [2.05, 4.69) is 152 Å². The average molecular weight is 1080 g/mol. The van der Waals surface area contributed by atoms with Crippen molar-refractivity contribution in [2.45, 2.75) is 76.5 Å². The predicted octanol–water partition coefficient (Wildman–Crippen LogP) is 15.1. The smallest absolute Gasteiger partial charge is 0 e. The second-order valence-electron chi connectivity index (χ2n) is 18.3. The molecule has 0 aliphatic carbocycles. The van der Waals surface area contributed by atoms with Crippen LogP contribution in [0.2, 0.25) is 17.3 Å². The number of fused-ring (bicyclic) bond motifs is 5. The van der Waals surface area contributed by atoms with Crippen molar-refractivity contribution in [2.24, 2.45) is 0 Å². The summed E-state index contributed by atoms with van der Waals surface area (Å²) in [5, 5.41) is 3.20. The van der Waals surface area contributed by atoms with Crippen molar-refractivity contribution in [3.05, 3.63) is 175 Å². The molecule has 0 atom stereocenters. The number of nitrogens with zero attached hydrogens (tertiary/aromatic N) is 4. The first-order valence-corrected chi connectivity index (χ1v) is 29.3. The van der Waals surface area contributed by atoms with Crippen LogP contribution in [0.25, 0.3) is 83.5 Å². The molecule has 0 saturated carbocycles. The van der Waals surface area contributed by atoms with Crippen LogP contribution in [0, 0.1) is 12.1 Å². The number of aromatic nitrogens is 4. The van der Waals surface area contributed by atoms with Crippen LogP contribution in [-0.4, -0.2) is 32.8 Å². The van der Waals surface area contributed by atoms with Gasteiger partial charge in [0.25, 0.3) is 0 Å². The monoisotopic (exact) mass is 1080 g/mol. The molecule has 323 valence electrons. The molecule has 0 aliphatic rings. The van der Waals surface area contributed by atoms with Crippen LogP contribution >= 0.6 is 0 Å². The van der Waals surface area contributed by atoms with Crippen LogP contribution in [0.15, 0.2) is 150 Å². The van der Waals surface area contributed by atoms with Crippen molar-refractivity contribution in [3.8, 4) is 39.5 Å². The molecule has 6 aromatic carbocycles. The normalized spacial score (nSPS) is 12.2. The molecule has 0 N–H and O–H groups in total. The third-order valence-corrected chi connectivity index (χ3v) is 16.1. The van der Waals surface area contributed by atoms with Gasteiger partial charge in [0.2, 0.25) is 0 Å². The van der Waals surface area contributed by atoms with E-state index >= 15 is 0 Å². The summed E-state index contributed by atoms with van der Waals surface area (Å²) in [6.45, 7) is 13.0. The number of furan rings is 1. The summed E-state index contributed by atoms with van der Waals surface area (Å²) in [5.74, 6) is 7.73. The van der Waals surface area contributed by atoms with E-state index in [1.165, 1.54) is 26.6 Å². The number of rotatable bonds is 8. The fraction of sp³-hybridized carbons (Fsp3) is 0.211. The SMILES string of the molecule is CC(C)c1cc(-c2ccccc2)cc(C(C)C)c1-n1c(-c2[c-]ccc3c2oc2ccccc23)nc2cc3ccccc3nc21.[2H]C(C)(C)c1cc(-c2[c-]cccc2)nc[c]1[Ge]([CH3])([CH3])[CH3].[Ir]. The molecule has 64 heavy (non-hydrogen) atoms. The van der Waals surface area contributed by atoms with Crippen molar-refractivity contribution in [3.63, 3.8) is 0 Å². The average Bonchev–Trinajstić information content (AvgIpc) is 3.86. The zero-order chi connectivity index (χ0) is 44.9. The summed E-state index contributed by atoms with van der Waals surface area (Å²) in [6, 6.07) is 54.7. The van der Waals surface area contributed by atoms with Crippen molar-refractivity contribution in [1.82, 2.24) is 19.5 Å². The van der Waals surface area contributed by atoms with Crippen LogP contribution in [0.5, 0.6) is 0 Å². The van der Waals surface area contributed by atoms with Crippen molar-refractivity contribution in [1.29, 1.82) is 0 Å². The van der Waals surface area contributed by atoms with Crippen LogP contribution in [0.1, 0.15) is 77.3 Å². The van der Waals surface area contributed by atoms with Crippen LogP contribution in [0.3, 0.4) is 0 Å². The largest absolute Gasteiger partial charge is 0 e. The van der Waals surface area contributed by atoms with Crippen molar-refractivity contribution in [2.75, 3.05) is 0 Å². The van der Waals surface area contributed by atoms with Gasteiger partial charge in [-0.1, -0.05) is 105 Å². The minimum absolute atomic E-state index is 0. The standard InChI is InChI=1S/C40H32N3O.C17H22GeN.Ir/c1-24(2)32-21-28(26-13-6-5-7-14-26)22-33(25(3)4)37(32)43-39(42-35-23-27-15-8-10-19-34(27)41-40(35)43)31-18-12-17-30-29-16-9-11-20-36(29)44-38(30)31;1-13(2)15-11-17(14-9-7-6-8-10-14)19-12-16(15)18(3,4)5;/h5-17,19-25H,1-4H3;6-9,11-13H,1-5H3;/q2*-1;/i;13D;. The Morgan fingerprint density at radius 2 is 1.33 bits per heavy atom. The van der Waals surface area contributed by atoms with Gasteiger partial charge in [-0.3, -0.25) is 4.98 Å². The summed E-state index contributed by atoms with van der Waals surface area (Å²) in [5.41, 5.74) is 14.2. The number of para-hydroxylation sites is 2. The number of pyridine rings is 2. The van der Waals surface area contributed by atoms with Gasteiger partial charge in [0.1, 0.15) is 5.58 Å². The summed E-state index contributed by atoms with van der Waals surface area (Å²) < 4.78 is 18.6. The molecule has 4 aromatic heterocycles. The van der Waals surface area contributed by atoms with E-state index in [-0.39, 0.29) is 31.9 Å². The molecule has 1 radical (unpaired) electrons. The topological polar surface area (TPSA) is 56.7 Å². The number of hydrogen-bond acceptors (Lipinski definition) is 4. The third-order valence-electron chi connectivity index (χ3n) is 11.9. The first-order chi connectivity index (χ1) is 30.7. The van der Waals surface area contributed by atoms with Gasteiger partial charge in [0.05, 0.1) is 22.4 Å². The second kappa shape index (κ2) is 18.4. The molecular weight excluding hydrogens is 1020 g/mol. The number of hydrogen-bond donors (Lipinski definition) is 0. The minimum atomic E-state index is -2.03. The van der Waals surface area contributed by atoms with E-state index in [4.69, 9.17) is 15.8 Å². The van der Waals surface area contributed by atoms with Gasteiger partial charge < -0.3 is 8.98 Å². The maximum Gasteiger partial charge on any atom is 0 e. The maximum atomic E-state index is 8.44. The Kier molecular flexibility index (Phi) is 12.6. The molecule has 0 aliphatic heterocycles. The van der Waals surface area contributed by atoms with Gasteiger partial charge in [-0.2, -0.15) is 0 Å². The summed E-state index contributed by atoms with van der Waals surface area (Å²) >= 11 is -2.03. The van der Waals surface area contributed by atoms with Gasteiger partial charge in [0.15, 0.2) is 5.65 Å². The fourth-order valence-electron chi connectivity index (χ4n) is 8.62. The Morgan fingerprint density at radius 1 is 0.641 bits per heavy atom. The Labute approximate surface area is 395 Å². The molecule has 4 heterocycles. The predicted molar refractivity (Wildman–Crippen MR) is 267 cm³/mol. The number of benzene rings is 6. The van der Waals surface area contributed by atoms with Gasteiger partial charge in [-0.15, -0.1) is 18.2 Å². The molecule has 0 spiro atoms. The molecule has 0 unspecified atom stereocenters. The van der Waals surface area contributed by atoms with Crippen LogP contribution in [-0.2, 0) is 20.1 Å². The van der Waals surface area contributed by atoms with Gasteiger partial charge in [0, 0.05) is 36.6 Å². The van der Waals surface area contributed by atoms with Crippen molar-refractivity contribution >= 4 is 61.7 Å². The molecule has 0 bridgehead atoms. The fourth-order valence-corrected chi connectivity index (χ4v) is 11.9. The molecule has 0 saturated heterocycles. The molecule has 10 rings (SSSR count). The summed E-state index contributed by atoms with van der Waals surface area (Å²) in [7, 11) is 0. The Balaban J connectivity index is 0.000000232. The maximum absolute atomic E-state index is 8.44. The molecule has 0 amide bonds. The van der Waals surface area contributed by atoms with Gasteiger partial charge in [-0.05, 0) is 64.4 Å². The van der Waals surface area contributed by atoms with Crippen molar-refractivity contribution < 1.29 is 25.9 Å². The summed E-state index contributed by atoms with van der Waals surface area (Å²) in [6.07, 6.45) is 2.00. The molecular formula is C57H54GeIrN4O-2. The number of imidazole rings is 1. The Hall–Kier alpha value is -5.66. The molecule has 10 aromatic rings.